The average Bonchev–Trinajstić information content (AvgIpc) is 2.78. The standard InChI is InChI=1S/C12H21ClS/c1-2-14-6-5-12(9-13)8-10-3-4-11(12)7-10/h10-11H,2-9H2,1H3. The van der Waals surface area contributed by atoms with Gasteiger partial charge in [0.15, 0.2) is 0 Å². The lowest BCUT2D eigenvalue weighted by Crippen LogP contribution is -2.30. The zero-order valence-corrected chi connectivity index (χ0v) is 10.7. The molecule has 0 amide bonds. The lowest BCUT2D eigenvalue weighted by molar-refractivity contribution is 0.188. The maximum atomic E-state index is 6.23. The van der Waals surface area contributed by atoms with Crippen LogP contribution in [0.15, 0.2) is 0 Å². The normalized spacial score (nSPS) is 40.7. The molecule has 2 aliphatic rings. The largest absolute Gasteiger partial charge is 0.162 e. The van der Waals surface area contributed by atoms with E-state index in [4.69, 9.17) is 11.6 Å². The molecule has 3 unspecified atom stereocenters. The van der Waals surface area contributed by atoms with Gasteiger partial charge in [-0.1, -0.05) is 13.3 Å². The van der Waals surface area contributed by atoms with Crippen LogP contribution in [-0.4, -0.2) is 17.4 Å². The molecule has 2 bridgehead atoms. The molecule has 0 nitrogen and oxygen atoms in total. The second kappa shape index (κ2) is 4.65. The van der Waals surface area contributed by atoms with Crippen molar-refractivity contribution >= 4 is 23.4 Å². The van der Waals surface area contributed by atoms with E-state index in [9.17, 15) is 0 Å². The Hall–Kier alpha value is 0.640. The van der Waals surface area contributed by atoms with Crippen LogP contribution >= 0.6 is 23.4 Å². The molecule has 3 atom stereocenters. The maximum absolute atomic E-state index is 6.23. The fourth-order valence-electron chi connectivity index (χ4n) is 3.51. The molecule has 2 rings (SSSR count). The predicted octanol–water partition coefficient (Wildman–Crippen LogP) is 4.17. The number of thioether (sulfide) groups is 1. The second-order valence-electron chi connectivity index (χ2n) is 5.02. The summed E-state index contributed by atoms with van der Waals surface area (Å²) in [5.74, 6) is 5.50. The van der Waals surface area contributed by atoms with Crippen molar-refractivity contribution in [2.75, 3.05) is 17.4 Å². The van der Waals surface area contributed by atoms with E-state index in [-0.39, 0.29) is 0 Å². The quantitative estimate of drug-likeness (QED) is 0.506. The first-order valence-corrected chi connectivity index (χ1v) is 7.63. The summed E-state index contributed by atoms with van der Waals surface area (Å²) in [5, 5.41) is 0. The molecule has 0 heterocycles. The van der Waals surface area contributed by atoms with Crippen LogP contribution in [0.2, 0.25) is 0 Å². The smallest absolute Gasteiger partial charge is 0.0283 e. The van der Waals surface area contributed by atoms with Crippen molar-refractivity contribution in [3.05, 3.63) is 0 Å². The molecule has 2 heteroatoms. The number of alkyl halides is 1. The molecule has 2 fully saturated rings. The summed E-state index contributed by atoms with van der Waals surface area (Å²) in [5.41, 5.74) is 0.548. The molecule has 14 heavy (non-hydrogen) atoms. The minimum atomic E-state index is 0.548. The number of rotatable bonds is 5. The van der Waals surface area contributed by atoms with Crippen molar-refractivity contribution < 1.29 is 0 Å². The van der Waals surface area contributed by atoms with Gasteiger partial charge < -0.3 is 0 Å². The molecule has 0 aliphatic heterocycles. The highest BCUT2D eigenvalue weighted by Gasteiger charge is 2.49. The Labute approximate surface area is 97.2 Å². The van der Waals surface area contributed by atoms with Crippen molar-refractivity contribution in [1.82, 2.24) is 0 Å². The monoisotopic (exact) mass is 232 g/mol. The molecule has 0 spiro atoms. The highest BCUT2D eigenvalue weighted by Crippen LogP contribution is 2.58. The zero-order chi connectivity index (χ0) is 10.0. The van der Waals surface area contributed by atoms with Gasteiger partial charge in [0, 0.05) is 5.88 Å². The Bertz CT molecular complexity index is 195. The number of fused-ring (bicyclic) bond motifs is 2. The molecular weight excluding hydrogens is 212 g/mol. The molecular formula is C12H21ClS. The Morgan fingerprint density at radius 2 is 2.29 bits per heavy atom. The summed E-state index contributed by atoms with van der Waals surface area (Å²) in [6, 6.07) is 0. The van der Waals surface area contributed by atoms with Gasteiger partial charge in [-0.3, -0.25) is 0 Å². The van der Waals surface area contributed by atoms with Gasteiger partial charge in [-0.2, -0.15) is 11.8 Å². The van der Waals surface area contributed by atoms with Gasteiger partial charge in [0.25, 0.3) is 0 Å². The van der Waals surface area contributed by atoms with Gasteiger partial charge in [0.2, 0.25) is 0 Å². The van der Waals surface area contributed by atoms with E-state index in [0.717, 1.165) is 17.7 Å². The van der Waals surface area contributed by atoms with Crippen LogP contribution in [0.5, 0.6) is 0 Å². The van der Waals surface area contributed by atoms with Crippen molar-refractivity contribution in [2.24, 2.45) is 17.3 Å². The third kappa shape index (κ3) is 1.95. The van der Waals surface area contributed by atoms with E-state index in [1.54, 1.807) is 0 Å². The summed E-state index contributed by atoms with van der Waals surface area (Å²) in [4.78, 5) is 0. The lowest BCUT2D eigenvalue weighted by Gasteiger charge is -2.36. The van der Waals surface area contributed by atoms with E-state index < -0.39 is 0 Å². The molecule has 0 saturated heterocycles. The van der Waals surface area contributed by atoms with Gasteiger partial charge in [-0.05, 0) is 54.4 Å². The number of halogens is 1. The van der Waals surface area contributed by atoms with Crippen LogP contribution in [0.3, 0.4) is 0 Å². The van der Waals surface area contributed by atoms with Gasteiger partial charge in [-0.15, -0.1) is 11.6 Å². The molecule has 2 aliphatic carbocycles. The molecule has 0 N–H and O–H groups in total. The summed E-state index contributed by atoms with van der Waals surface area (Å²) < 4.78 is 0. The van der Waals surface area contributed by atoms with Crippen LogP contribution in [0.25, 0.3) is 0 Å². The van der Waals surface area contributed by atoms with Crippen LogP contribution in [0.1, 0.15) is 39.0 Å². The van der Waals surface area contributed by atoms with E-state index >= 15 is 0 Å². The lowest BCUT2D eigenvalue weighted by atomic mass is 9.73. The van der Waals surface area contributed by atoms with Crippen LogP contribution in [0, 0.1) is 17.3 Å². The number of hydrogen-bond acceptors (Lipinski definition) is 1. The Balaban J connectivity index is 1.90. The van der Waals surface area contributed by atoms with E-state index in [0.29, 0.717) is 5.41 Å². The first kappa shape index (κ1) is 11.1. The molecule has 2 saturated carbocycles. The van der Waals surface area contributed by atoms with Crippen molar-refractivity contribution in [1.29, 1.82) is 0 Å². The highest BCUT2D eigenvalue weighted by molar-refractivity contribution is 7.99. The van der Waals surface area contributed by atoms with E-state index in [1.807, 2.05) is 0 Å². The molecule has 0 aromatic rings. The third-order valence-corrected chi connectivity index (χ3v) is 5.75. The second-order valence-corrected chi connectivity index (χ2v) is 6.68. The van der Waals surface area contributed by atoms with Crippen molar-refractivity contribution in [2.45, 2.75) is 39.0 Å². The van der Waals surface area contributed by atoms with Crippen molar-refractivity contribution in [3.8, 4) is 0 Å². The molecule has 82 valence electrons. The SMILES string of the molecule is CCSCCC1(CCl)CC2CCC1C2. The minimum absolute atomic E-state index is 0.548. The Morgan fingerprint density at radius 3 is 2.79 bits per heavy atom. The van der Waals surface area contributed by atoms with Crippen LogP contribution in [0.4, 0.5) is 0 Å². The topological polar surface area (TPSA) is 0 Å². The summed E-state index contributed by atoms with van der Waals surface area (Å²) in [6.45, 7) is 2.25. The van der Waals surface area contributed by atoms with Crippen LogP contribution in [-0.2, 0) is 0 Å². The van der Waals surface area contributed by atoms with Gasteiger partial charge in [-0.25, -0.2) is 0 Å². The zero-order valence-electron chi connectivity index (χ0n) is 9.10. The fourth-order valence-corrected chi connectivity index (χ4v) is 4.82. The van der Waals surface area contributed by atoms with Crippen LogP contribution < -0.4 is 0 Å². The average molecular weight is 233 g/mol. The van der Waals surface area contributed by atoms with Gasteiger partial charge >= 0.3 is 0 Å². The summed E-state index contributed by atoms with van der Waals surface area (Å²) in [7, 11) is 0. The van der Waals surface area contributed by atoms with Gasteiger partial charge in [0.1, 0.15) is 0 Å². The molecule has 0 aromatic carbocycles. The number of hydrogen-bond donors (Lipinski definition) is 0. The molecule has 0 radical (unpaired) electrons. The Morgan fingerprint density at radius 1 is 1.43 bits per heavy atom. The first-order valence-electron chi connectivity index (χ1n) is 5.94. The summed E-state index contributed by atoms with van der Waals surface area (Å²) in [6.07, 6.45) is 7.25. The van der Waals surface area contributed by atoms with Gasteiger partial charge in [0.05, 0.1) is 0 Å². The van der Waals surface area contributed by atoms with E-state index in [1.165, 1.54) is 43.6 Å². The molecule has 0 aromatic heterocycles. The third-order valence-electron chi connectivity index (χ3n) is 4.32. The maximum Gasteiger partial charge on any atom is 0.0283 e. The summed E-state index contributed by atoms with van der Waals surface area (Å²) >= 11 is 8.31. The van der Waals surface area contributed by atoms with Crippen molar-refractivity contribution in [3.63, 3.8) is 0 Å². The minimum Gasteiger partial charge on any atom is -0.162 e. The highest BCUT2D eigenvalue weighted by atomic mass is 35.5. The Kier molecular flexibility index (Phi) is 3.70. The van der Waals surface area contributed by atoms with E-state index in [2.05, 4.69) is 18.7 Å². The first-order chi connectivity index (χ1) is 6.80. The predicted molar refractivity (Wildman–Crippen MR) is 66.2 cm³/mol. The fraction of sp³-hybridized carbons (Fsp3) is 1.00.